The third-order valence-electron chi connectivity index (χ3n) is 3.77. The van der Waals surface area contributed by atoms with Gasteiger partial charge in [-0.3, -0.25) is 4.79 Å². The highest BCUT2D eigenvalue weighted by Gasteiger charge is 2.18. The molecule has 1 N–H and O–H groups in total. The lowest BCUT2D eigenvalue weighted by Gasteiger charge is -2.09. The van der Waals surface area contributed by atoms with Crippen molar-refractivity contribution >= 4 is 22.6 Å². The van der Waals surface area contributed by atoms with Gasteiger partial charge in [0.2, 0.25) is 0 Å². The molecule has 3 rings (SSSR count). The fourth-order valence-electron chi connectivity index (χ4n) is 2.52. The zero-order valence-electron chi connectivity index (χ0n) is 13.8. The van der Waals surface area contributed by atoms with Crippen molar-refractivity contribution in [2.45, 2.75) is 40.7 Å². The van der Waals surface area contributed by atoms with Gasteiger partial charge in [-0.25, -0.2) is 9.67 Å². The van der Waals surface area contributed by atoms with Crippen molar-refractivity contribution in [2.24, 2.45) is 0 Å². The first-order chi connectivity index (χ1) is 10.9. The fourth-order valence-corrected chi connectivity index (χ4v) is 2.52. The summed E-state index contributed by atoms with van der Waals surface area (Å²) in [5.74, 6) is 0.346. The molecule has 1 amide bonds. The van der Waals surface area contributed by atoms with E-state index >= 15 is 0 Å². The Morgan fingerprint density at radius 3 is 2.61 bits per heavy atom. The van der Waals surface area contributed by atoms with Gasteiger partial charge >= 0.3 is 0 Å². The molecule has 0 aromatic carbocycles. The van der Waals surface area contributed by atoms with E-state index in [2.05, 4.69) is 20.6 Å². The van der Waals surface area contributed by atoms with Gasteiger partial charge in [-0.1, -0.05) is 5.16 Å². The monoisotopic (exact) mass is 313 g/mol. The van der Waals surface area contributed by atoms with E-state index < -0.39 is 0 Å². The molecule has 3 aromatic rings. The maximum atomic E-state index is 12.6. The van der Waals surface area contributed by atoms with Gasteiger partial charge in [0, 0.05) is 11.4 Å². The van der Waals surface area contributed by atoms with Crippen LogP contribution in [0.15, 0.2) is 16.8 Å². The Hall–Kier alpha value is -2.70. The van der Waals surface area contributed by atoms with Crippen molar-refractivity contribution in [3.63, 3.8) is 0 Å². The van der Waals surface area contributed by atoms with Crippen molar-refractivity contribution in [1.29, 1.82) is 0 Å². The molecule has 0 spiro atoms. The number of hydrogen-bond donors (Lipinski definition) is 1. The van der Waals surface area contributed by atoms with Crippen LogP contribution in [0.5, 0.6) is 0 Å². The maximum Gasteiger partial charge on any atom is 0.257 e. The summed E-state index contributed by atoms with van der Waals surface area (Å²) in [5.41, 5.74) is 3.21. The summed E-state index contributed by atoms with van der Waals surface area (Å²) < 4.78 is 6.91. The molecule has 3 heterocycles. The zero-order valence-corrected chi connectivity index (χ0v) is 13.8. The molecule has 120 valence electrons. The number of amides is 1. The minimum atomic E-state index is -0.233. The molecule has 7 nitrogen and oxygen atoms in total. The minimum absolute atomic E-state index is 0.210. The van der Waals surface area contributed by atoms with Crippen LogP contribution < -0.4 is 5.32 Å². The molecule has 0 saturated heterocycles. The molecule has 0 fully saturated rings. The second-order valence-electron chi connectivity index (χ2n) is 5.87. The van der Waals surface area contributed by atoms with Crippen LogP contribution >= 0.6 is 0 Å². The normalized spacial score (nSPS) is 11.4. The highest BCUT2D eigenvalue weighted by molar-refractivity contribution is 6.07. The number of carbonyl (C=O) groups is 1. The number of hydrogen-bond acceptors (Lipinski definition) is 5. The molecule has 0 bridgehead atoms. The first-order valence-electron chi connectivity index (χ1n) is 7.47. The summed E-state index contributed by atoms with van der Waals surface area (Å²) in [6.07, 6.45) is 1.73. The maximum absolute atomic E-state index is 12.6. The number of anilines is 1. The number of nitrogens with zero attached hydrogens (tertiary/aromatic N) is 4. The second-order valence-corrected chi connectivity index (χ2v) is 5.87. The van der Waals surface area contributed by atoms with E-state index in [1.807, 2.05) is 31.5 Å². The largest absolute Gasteiger partial charge is 0.359 e. The van der Waals surface area contributed by atoms with Gasteiger partial charge in [-0.15, -0.1) is 0 Å². The molecule has 0 unspecified atom stereocenters. The average molecular weight is 313 g/mol. The Bertz CT molecular complexity index is 872. The average Bonchev–Trinajstić information content (AvgIpc) is 3.04. The van der Waals surface area contributed by atoms with E-state index in [1.165, 1.54) is 0 Å². The van der Waals surface area contributed by atoms with Crippen molar-refractivity contribution < 1.29 is 9.32 Å². The highest BCUT2D eigenvalue weighted by atomic mass is 16.5. The quantitative estimate of drug-likeness (QED) is 0.802. The lowest BCUT2D eigenvalue weighted by Crippen LogP contribution is -2.15. The van der Waals surface area contributed by atoms with E-state index in [9.17, 15) is 4.79 Å². The predicted molar refractivity (Wildman–Crippen MR) is 86.6 cm³/mol. The fraction of sp³-hybridized carbons (Fsp3) is 0.375. The summed E-state index contributed by atoms with van der Waals surface area (Å²) in [4.78, 5) is 17.1. The molecule has 23 heavy (non-hydrogen) atoms. The Balaban J connectivity index is 1.99. The molecule has 0 saturated carbocycles. The standard InChI is InChI=1S/C16H19N5O2/c1-8(2)21-15-12(7-17-21)6-13(9(3)18-15)16(22)19-14-10(4)20-23-11(14)5/h6-8H,1-5H3,(H,19,22). The molecular weight excluding hydrogens is 294 g/mol. The van der Waals surface area contributed by atoms with E-state index in [-0.39, 0.29) is 11.9 Å². The Kier molecular flexibility index (Phi) is 3.63. The number of carbonyl (C=O) groups excluding carboxylic acids is 1. The van der Waals surface area contributed by atoms with Gasteiger partial charge in [0.15, 0.2) is 11.4 Å². The zero-order chi connectivity index (χ0) is 16.7. The van der Waals surface area contributed by atoms with Crippen LogP contribution in [0.1, 0.15) is 47.4 Å². The summed E-state index contributed by atoms with van der Waals surface area (Å²) in [5, 5.41) is 11.9. The van der Waals surface area contributed by atoms with Crippen molar-refractivity contribution in [1.82, 2.24) is 19.9 Å². The van der Waals surface area contributed by atoms with Gasteiger partial charge in [-0.2, -0.15) is 5.10 Å². The Morgan fingerprint density at radius 2 is 2.00 bits per heavy atom. The lowest BCUT2D eigenvalue weighted by molar-refractivity contribution is 0.102. The molecule has 7 heteroatoms. The van der Waals surface area contributed by atoms with E-state index in [0.29, 0.717) is 28.4 Å². The van der Waals surface area contributed by atoms with Gasteiger partial charge in [0.05, 0.1) is 17.5 Å². The van der Waals surface area contributed by atoms with Crippen LogP contribution in [0.25, 0.3) is 11.0 Å². The molecule has 0 aliphatic carbocycles. The second kappa shape index (κ2) is 5.49. The van der Waals surface area contributed by atoms with Crippen LogP contribution in [0.3, 0.4) is 0 Å². The van der Waals surface area contributed by atoms with Crippen LogP contribution in [-0.4, -0.2) is 25.8 Å². The van der Waals surface area contributed by atoms with Gasteiger partial charge < -0.3 is 9.84 Å². The molecule has 0 radical (unpaired) electrons. The van der Waals surface area contributed by atoms with Crippen LogP contribution in [-0.2, 0) is 0 Å². The minimum Gasteiger partial charge on any atom is -0.359 e. The van der Waals surface area contributed by atoms with E-state index in [1.54, 1.807) is 20.0 Å². The van der Waals surface area contributed by atoms with Crippen molar-refractivity contribution in [3.8, 4) is 0 Å². The highest BCUT2D eigenvalue weighted by Crippen LogP contribution is 2.22. The number of aromatic nitrogens is 4. The summed E-state index contributed by atoms with van der Waals surface area (Å²) >= 11 is 0. The van der Waals surface area contributed by atoms with Crippen LogP contribution in [0, 0.1) is 20.8 Å². The smallest absolute Gasteiger partial charge is 0.257 e. The molecule has 3 aromatic heterocycles. The topological polar surface area (TPSA) is 85.8 Å². The predicted octanol–water partition coefficient (Wildman–Crippen LogP) is 3.18. The molecule has 0 aliphatic rings. The van der Waals surface area contributed by atoms with Crippen molar-refractivity contribution in [3.05, 3.63) is 35.0 Å². The van der Waals surface area contributed by atoms with Crippen LogP contribution in [0.2, 0.25) is 0 Å². The lowest BCUT2D eigenvalue weighted by atomic mass is 10.1. The number of aryl methyl sites for hydroxylation is 3. The Labute approximate surface area is 133 Å². The number of rotatable bonds is 3. The summed E-state index contributed by atoms with van der Waals surface area (Å²) in [6.45, 7) is 9.45. The van der Waals surface area contributed by atoms with E-state index in [4.69, 9.17) is 4.52 Å². The molecule has 0 atom stereocenters. The first kappa shape index (κ1) is 15.2. The number of fused-ring (bicyclic) bond motifs is 1. The van der Waals surface area contributed by atoms with Crippen molar-refractivity contribution in [2.75, 3.05) is 5.32 Å². The van der Waals surface area contributed by atoms with E-state index in [0.717, 1.165) is 11.0 Å². The molecular formula is C16H19N5O2. The first-order valence-corrected chi connectivity index (χ1v) is 7.47. The van der Waals surface area contributed by atoms with Crippen LogP contribution in [0.4, 0.5) is 5.69 Å². The van der Waals surface area contributed by atoms with Gasteiger partial charge in [0.25, 0.3) is 5.91 Å². The Morgan fingerprint density at radius 1 is 1.26 bits per heavy atom. The van der Waals surface area contributed by atoms with Gasteiger partial charge in [0.1, 0.15) is 11.4 Å². The third kappa shape index (κ3) is 2.58. The summed E-state index contributed by atoms with van der Waals surface area (Å²) in [7, 11) is 0. The number of nitrogens with one attached hydrogen (secondary N) is 1. The molecule has 0 aliphatic heterocycles. The van der Waals surface area contributed by atoms with Gasteiger partial charge in [-0.05, 0) is 40.7 Å². The third-order valence-corrected chi connectivity index (χ3v) is 3.77. The summed E-state index contributed by atoms with van der Waals surface area (Å²) in [6, 6.07) is 2.03. The number of pyridine rings is 1. The SMILES string of the molecule is Cc1nc2c(cnn2C(C)C)cc1C(=O)Nc1c(C)noc1C.